The number of hydrogen-bond acceptors (Lipinski definition) is 0. The molecule has 0 radical (unpaired) electrons. The van der Waals surface area contributed by atoms with E-state index in [0.717, 1.165) is 28.6 Å². The molecule has 0 N–H and O–H groups in total. The Kier molecular flexibility index (Phi) is 4.10. The van der Waals surface area contributed by atoms with Crippen LogP contribution in [0.3, 0.4) is 0 Å². The van der Waals surface area contributed by atoms with Crippen molar-refractivity contribution in [3.05, 3.63) is 34.9 Å². The molecule has 0 bridgehead atoms. The zero-order valence-corrected chi connectivity index (χ0v) is 11.1. The van der Waals surface area contributed by atoms with Gasteiger partial charge >= 0.3 is 0 Å². The van der Waals surface area contributed by atoms with Crippen LogP contribution in [0.4, 0.5) is 0 Å². The Balaban J connectivity index is 2.02. The predicted molar refractivity (Wildman–Crippen MR) is 69.8 cm³/mol. The van der Waals surface area contributed by atoms with E-state index in [9.17, 15) is 0 Å². The third kappa shape index (κ3) is 2.76. The summed E-state index contributed by atoms with van der Waals surface area (Å²) in [5, 5.41) is 2.02. The minimum Gasteiger partial charge on any atom is -0.0925 e. The second-order valence-corrected chi connectivity index (χ2v) is 5.46. The summed E-state index contributed by atoms with van der Waals surface area (Å²) < 4.78 is 0. The Labute approximate surface area is 105 Å². The molecule has 1 saturated carbocycles. The van der Waals surface area contributed by atoms with Gasteiger partial charge in [0.15, 0.2) is 0 Å². The van der Waals surface area contributed by atoms with Crippen LogP contribution < -0.4 is 0 Å². The molecule has 1 aromatic carbocycles. The van der Waals surface area contributed by atoms with E-state index in [0.29, 0.717) is 0 Å². The van der Waals surface area contributed by atoms with Crippen LogP contribution in [0, 0.1) is 11.8 Å². The summed E-state index contributed by atoms with van der Waals surface area (Å²) in [4.78, 5) is 0. The monoisotopic (exact) mass is 286 g/mol. The first-order valence-corrected chi connectivity index (χ1v) is 7.10. The van der Waals surface area contributed by atoms with Gasteiger partial charge in [-0.15, -0.1) is 0 Å². The lowest BCUT2D eigenvalue weighted by molar-refractivity contribution is 0.224. The molecule has 1 aliphatic rings. The quantitative estimate of drug-likeness (QED) is 0.705. The van der Waals surface area contributed by atoms with Crippen LogP contribution in [-0.4, -0.2) is 5.33 Å². The van der Waals surface area contributed by atoms with Crippen LogP contribution in [0.25, 0.3) is 0 Å². The largest absolute Gasteiger partial charge is 0.0925 e. The van der Waals surface area contributed by atoms with Gasteiger partial charge in [-0.2, -0.15) is 0 Å². The van der Waals surface area contributed by atoms with Gasteiger partial charge in [-0.1, -0.05) is 65.0 Å². The second kappa shape index (κ2) is 5.36. The van der Waals surface area contributed by atoms with Crippen molar-refractivity contribution in [2.24, 2.45) is 11.8 Å². The lowest BCUT2D eigenvalue weighted by atomic mass is 9.74. The molecular formula is C13H16BrCl. The van der Waals surface area contributed by atoms with E-state index in [2.05, 4.69) is 28.1 Å². The molecule has 1 aliphatic carbocycles. The highest BCUT2D eigenvalue weighted by molar-refractivity contribution is 9.09. The van der Waals surface area contributed by atoms with E-state index < -0.39 is 0 Å². The molecule has 1 unspecified atom stereocenters. The summed E-state index contributed by atoms with van der Waals surface area (Å²) in [6.07, 6.45) is 5.34. The van der Waals surface area contributed by atoms with Crippen molar-refractivity contribution in [2.45, 2.75) is 25.7 Å². The molecule has 0 amide bonds. The van der Waals surface area contributed by atoms with Crippen molar-refractivity contribution in [1.82, 2.24) is 0 Å². The lowest BCUT2D eigenvalue weighted by Gasteiger charge is -2.33. The summed E-state index contributed by atoms with van der Waals surface area (Å²) >= 11 is 9.81. The predicted octanol–water partition coefficient (Wildman–Crippen LogP) is 4.69. The number of alkyl halides is 1. The average molecular weight is 288 g/mol. The fourth-order valence-electron chi connectivity index (χ4n) is 2.20. The smallest absolute Gasteiger partial charge is 0.0438 e. The number of rotatable bonds is 4. The lowest BCUT2D eigenvalue weighted by Crippen LogP contribution is -2.25. The first-order chi connectivity index (χ1) is 7.31. The molecule has 2 rings (SSSR count). The topological polar surface area (TPSA) is 0 Å². The SMILES string of the molecule is Clc1ccccc1CC(CBr)C1CCC1. The van der Waals surface area contributed by atoms with E-state index in [1.807, 2.05) is 12.1 Å². The molecule has 1 atom stereocenters. The van der Waals surface area contributed by atoms with Crippen molar-refractivity contribution in [3.63, 3.8) is 0 Å². The first-order valence-electron chi connectivity index (χ1n) is 5.60. The minimum atomic E-state index is 0.763. The van der Waals surface area contributed by atoms with Crippen molar-refractivity contribution >= 4 is 27.5 Å². The number of hydrogen-bond donors (Lipinski definition) is 0. The van der Waals surface area contributed by atoms with Crippen molar-refractivity contribution < 1.29 is 0 Å². The Morgan fingerprint density at radius 3 is 2.60 bits per heavy atom. The van der Waals surface area contributed by atoms with Gasteiger partial charge in [-0.05, 0) is 29.9 Å². The fraction of sp³-hybridized carbons (Fsp3) is 0.538. The number of halogens is 2. The van der Waals surface area contributed by atoms with Gasteiger partial charge in [0.1, 0.15) is 0 Å². The van der Waals surface area contributed by atoms with Crippen LogP contribution >= 0.6 is 27.5 Å². The molecule has 0 saturated heterocycles. The fourth-order valence-corrected chi connectivity index (χ4v) is 3.18. The minimum absolute atomic E-state index is 0.763. The van der Waals surface area contributed by atoms with Gasteiger partial charge < -0.3 is 0 Å². The molecule has 2 heteroatoms. The molecule has 0 aromatic heterocycles. The van der Waals surface area contributed by atoms with E-state index in [1.54, 1.807) is 0 Å². The molecule has 1 aromatic rings. The van der Waals surface area contributed by atoms with E-state index in [1.165, 1.54) is 24.8 Å². The second-order valence-electron chi connectivity index (χ2n) is 4.40. The van der Waals surface area contributed by atoms with Crippen molar-refractivity contribution in [3.8, 4) is 0 Å². The molecule has 0 spiro atoms. The summed E-state index contributed by atoms with van der Waals surface area (Å²) in [5.74, 6) is 1.68. The van der Waals surface area contributed by atoms with Gasteiger partial charge in [-0.3, -0.25) is 0 Å². The summed E-state index contributed by atoms with van der Waals surface area (Å²) in [6, 6.07) is 8.21. The van der Waals surface area contributed by atoms with Gasteiger partial charge in [0.2, 0.25) is 0 Å². The van der Waals surface area contributed by atoms with Gasteiger partial charge in [0.05, 0.1) is 0 Å². The standard InChI is InChI=1S/C13H16BrCl/c14-9-12(10-5-3-6-10)8-11-4-1-2-7-13(11)15/h1-2,4,7,10,12H,3,5-6,8-9H2. The highest BCUT2D eigenvalue weighted by atomic mass is 79.9. The Morgan fingerprint density at radius 2 is 2.07 bits per heavy atom. The maximum absolute atomic E-state index is 6.18. The maximum atomic E-state index is 6.18. The molecule has 1 fully saturated rings. The first kappa shape index (κ1) is 11.5. The van der Waals surface area contributed by atoms with Crippen LogP contribution in [-0.2, 0) is 6.42 Å². The highest BCUT2D eigenvalue weighted by Crippen LogP contribution is 2.36. The Hall–Kier alpha value is -0.0100. The zero-order valence-electron chi connectivity index (χ0n) is 8.76. The van der Waals surface area contributed by atoms with Crippen LogP contribution in [0.5, 0.6) is 0 Å². The van der Waals surface area contributed by atoms with E-state index in [4.69, 9.17) is 11.6 Å². The molecule has 0 nitrogen and oxygen atoms in total. The Bertz CT molecular complexity index is 320. The van der Waals surface area contributed by atoms with Gasteiger partial charge in [0, 0.05) is 10.4 Å². The van der Waals surface area contributed by atoms with E-state index >= 15 is 0 Å². The molecule has 82 valence electrons. The van der Waals surface area contributed by atoms with Crippen molar-refractivity contribution in [2.75, 3.05) is 5.33 Å². The molecule has 0 heterocycles. The zero-order chi connectivity index (χ0) is 10.7. The molecular weight excluding hydrogens is 272 g/mol. The summed E-state index contributed by atoms with van der Waals surface area (Å²) in [5.41, 5.74) is 1.30. The average Bonchev–Trinajstić information content (AvgIpc) is 2.17. The molecule has 0 aliphatic heterocycles. The number of benzene rings is 1. The van der Waals surface area contributed by atoms with Crippen molar-refractivity contribution in [1.29, 1.82) is 0 Å². The highest BCUT2D eigenvalue weighted by Gasteiger charge is 2.26. The summed E-state index contributed by atoms with van der Waals surface area (Å²) in [6.45, 7) is 0. The summed E-state index contributed by atoms with van der Waals surface area (Å²) in [7, 11) is 0. The third-order valence-corrected chi connectivity index (χ3v) is 4.66. The Morgan fingerprint density at radius 1 is 1.33 bits per heavy atom. The van der Waals surface area contributed by atoms with Gasteiger partial charge in [-0.25, -0.2) is 0 Å². The third-order valence-electron chi connectivity index (χ3n) is 3.45. The van der Waals surface area contributed by atoms with Crippen LogP contribution in [0.2, 0.25) is 5.02 Å². The van der Waals surface area contributed by atoms with Gasteiger partial charge in [0.25, 0.3) is 0 Å². The normalized spacial score (nSPS) is 18.5. The molecule has 15 heavy (non-hydrogen) atoms. The van der Waals surface area contributed by atoms with E-state index in [-0.39, 0.29) is 0 Å². The van der Waals surface area contributed by atoms with Crippen LogP contribution in [0.15, 0.2) is 24.3 Å². The van der Waals surface area contributed by atoms with Crippen LogP contribution in [0.1, 0.15) is 24.8 Å². The maximum Gasteiger partial charge on any atom is 0.0438 e.